The highest BCUT2D eigenvalue weighted by atomic mass is 32.1. The third kappa shape index (κ3) is 2.66. The highest BCUT2D eigenvalue weighted by Crippen LogP contribution is 2.28. The molecule has 1 saturated carbocycles. The summed E-state index contributed by atoms with van der Waals surface area (Å²) in [4.78, 5) is 4.25. The van der Waals surface area contributed by atoms with E-state index in [1.54, 1.807) is 0 Å². The van der Waals surface area contributed by atoms with Crippen molar-refractivity contribution in [1.82, 2.24) is 9.36 Å². The number of rotatable bonds is 4. The number of hydrogen-bond donors (Lipinski definition) is 1. The monoisotopic (exact) mass is 227 g/mol. The van der Waals surface area contributed by atoms with E-state index in [2.05, 4.69) is 9.36 Å². The largest absolute Gasteiger partial charge is 0.467 e. The van der Waals surface area contributed by atoms with Gasteiger partial charge in [-0.1, -0.05) is 19.8 Å². The number of ether oxygens (including phenoxy) is 1. The molecule has 1 aromatic heterocycles. The summed E-state index contributed by atoms with van der Waals surface area (Å²) in [6.07, 6.45) is 5.42. The minimum atomic E-state index is -0.127. The zero-order valence-corrected chi connectivity index (χ0v) is 9.85. The van der Waals surface area contributed by atoms with Gasteiger partial charge in [-0.25, -0.2) is 0 Å². The molecule has 0 aromatic carbocycles. The summed E-state index contributed by atoms with van der Waals surface area (Å²) in [5.41, 5.74) is 6.05. The van der Waals surface area contributed by atoms with Crippen LogP contribution < -0.4 is 10.5 Å². The first kappa shape index (κ1) is 10.8. The van der Waals surface area contributed by atoms with Gasteiger partial charge in [0.25, 0.3) is 5.19 Å². The van der Waals surface area contributed by atoms with Crippen molar-refractivity contribution >= 4 is 11.5 Å². The predicted molar refractivity (Wildman–Crippen MR) is 60.2 cm³/mol. The van der Waals surface area contributed by atoms with E-state index in [0.717, 1.165) is 25.1 Å². The number of aromatic nitrogens is 2. The molecule has 0 bridgehead atoms. The van der Waals surface area contributed by atoms with Crippen LogP contribution in [0.25, 0.3) is 0 Å². The van der Waals surface area contributed by atoms with Gasteiger partial charge in [0.15, 0.2) is 0 Å². The van der Waals surface area contributed by atoms with Crippen molar-refractivity contribution in [3.63, 3.8) is 0 Å². The van der Waals surface area contributed by atoms with E-state index in [1.807, 2.05) is 6.92 Å². The Bertz CT molecular complexity index is 320. The summed E-state index contributed by atoms with van der Waals surface area (Å²) in [5, 5.41) is 0.656. The SMILES string of the molecule is CCc1nsc(OCC2(N)CCCC2)n1. The van der Waals surface area contributed by atoms with Gasteiger partial charge in [-0.05, 0) is 12.8 Å². The molecule has 0 atom stereocenters. The number of hydrogen-bond acceptors (Lipinski definition) is 5. The van der Waals surface area contributed by atoms with Crippen LogP contribution in [0.5, 0.6) is 5.19 Å². The van der Waals surface area contributed by atoms with Crippen LogP contribution >= 0.6 is 11.5 Å². The Hall–Kier alpha value is -0.680. The van der Waals surface area contributed by atoms with Crippen LogP contribution in [0, 0.1) is 0 Å². The molecule has 1 aliphatic rings. The van der Waals surface area contributed by atoms with Crippen molar-refractivity contribution in [2.45, 2.75) is 44.6 Å². The van der Waals surface area contributed by atoms with Crippen molar-refractivity contribution < 1.29 is 4.74 Å². The van der Waals surface area contributed by atoms with Gasteiger partial charge in [-0.3, -0.25) is 0 Å². The van der Waals surface area contributed by atoms with Crippen molar-refractivity contribution in [2.24, 2.45) is 5.73 Å². The third-order valence-corrected chi connectivity index (χ3v) is 3.52. The van der Waals surface area contributed by atoms with E-state index in [4.69, 9.17) is 10.5 Å². The molecule has 1 aromatic rings. The molecule has 0 saturated heterocycles. The van der Waals surface area contributed by atoms with E-state index in [1.165, 1.54) is 24.4 Å². The molecule has 0 spiro atoms. The van der Waals surface area contributed by atoms with Gasteiger partial charge in [0.1, 0.15) is 12.4 Å². The Morgan fingerprint density at radius 2 is 2.20 bits per heavy atom. The average Bonchev–Trinajstić information content (AvgIpc) is 2.84. The van der Waals surface area contributed by atoms with Gasteiger partial charge in [0, 0.05) is 18.0 Å². The topological polar surface area (TPSA) is 61.0 Å². The molecule has 1 aliphatic carbocycles. The van der Waals surface area contributed by atoms with Gasteiger partial charge < -0.3 is 10.5 Å². The molecule has 5 heteroatoms. The first-order valence-electron chi connectivity index (χ1n) is 5.46. The summed E-state index contributed by atoms with van der Waals surface area (Å²) < 4.78 is 9.76. The highest BCUT2D eigenvalue weighted by Gasteiger charge is 2.30. The van der Waals surface area contributed by atoms with Crippen molar-refractivity contribution in [2.75, 3.05) is 6.61 Å². The summed E-state index contributed by atoms with van der Waals surface area (Å²) in [7, 11) is 0. The molecule has 0 amide bonds. The summed E-state index contributed by atoms with van der Waals surface area (Å²) >= 11 is 1.32. The number of aryl methyl sites for hydroxylation is 1. The standard InChI is InChI=1S/C10H17N3OS/c1-2-8-12-9(15-13-8)14-7-10(11)5-3-4-6-10/h2-7,11H2,1H3. The lowest BCUT2D eigenvalue weighted by molar-refractivity contribution is 0.219. The fourth-order valence-electron chi connectivity index (χ4n) is 1.87. The molecular weight excluding hydrogens is 210 g/mol. The maximum Gasteiger partial charge on any atom is 0.293 e. The fraction of sp³-hybridized carbons (Fsp3) is 0.800. The van der Waals surface area contributed by atoms with Gasteiger partial charge in [0.2, 0.25) is 0 Å². The second-order valence-corrected chi connectivity index (χ2v) is 4.90. The van der Waals surface area contributed by atoms with Crippen LogP contribution in [0.3, 0.4) is 0 Å². The second kappa shape index (κ2) is 4.45. The first-order valence-corrected chi connectivity index (χ1v) is 6.23. The van der Waals surface area contributed by atoms with Crippen LogP contribution in [0.2, 0.25) is 0 Å². The molecule has 1 heterocycles. The lowest BCUT2D eigenvalue weighted by Crippen LogP contribution is -2.42. The molecule has 0 aliphatic heterocycles. The lowest BCUT2D eigenvalue weighted by atomic mass is 10.0. The molecule has 1 fully saturated rings. The molecule has 4 nitrogen and oxygen atoms in total. The fourth-order valence-corrected chi connectivity index (χ4v) is 2.48. The van der Waals surface area contributed by atoms with E-state index in [0.29, 0.717) is 11.8 Å². The van der Waals surface area contributed by atoms with Crippen LogP contribution in [0.1, 0.15) is 38.4 Å². The maximum absolute atomic E-state index is 6.18. The van der Waals surface area contributed by atoms with Gasteiger partial charge in [-0.2, -0.15) is 9.36 Å². The zero-order chi connectivity index (χ0) is 10.7. The van der Waals surface area contributed by atoms with E-state index in [9.17, 15) is 0 Å². The average molecular weight is 227 g/mol. The minimum Gasteiger partial charge on any atom is -0.467 e. The van der Waals surface area contributed by atoms with E-state index < -0.39 is 0 Å². The van der Waals surface area contributed by atoms with Crippen LogP contribution in [0.15, 0.2) is 0 Å². The molecule has 15 heavy (non-hydrogen) atoms. The van der Waals surface area contributed by atoms with E-state index in [-0.39, 0.29) is 5.54 Å². The van der Waals surface area contributed by atoms with Crippen LogP contribution in [0.4, 0.5) is 0 Å². The van der Waals surface area contributed by atoms with Crippen molar-refractivity contribution in [3.05, 3.63) is 5.82 Å². The predicted octanol–water partition coefficient (Wildman–Crippen LogP) is 1.75. The highest BCUT2D eigenvalue weighted by molar-refractivity contribution is 7.07. The molecule has 2 rings (SSSR count). The lowest BCUT2D eigenvalue weighted by Gasteiger charge is -2.22. The van der Waals surface area contributed by atoms with Crippen LogP contribution in [-0.2, 0) is 6.42 Å². The Morgan fingerprint density at radius 3 is 2.80 bits per heavy atom. The molecule has 2 N–H and O–H groups in total. The normalized spacial score (nSPS) is 19.3. The molecule has 0 radical (unpaired) electrons. The smallest absolute Gasteiger partial charge is 0.293 e. The molecule has 84 valence electrons. The Morgan fingerprint density at radius 1 is 1.47 bits per heavy atom. The minimum absolute atomic E-state index is 0.127. The van der Waals surface area contributed by atoms with Crippen molar-refractivity contribution in [1.29, 1.82) is 0 Å². The maximum atomic E-state index is 6.18. The summed E-state index contributed by atoms with van der Waals surface area (Å²) in [6.45, 7) is 2.61. The first-order chi connectivity index (χ1) is 7.22. The zero-order valence-electron chi connectivity index (χ0n) is 9.03. The summed E-state index contributed by atoms with van der Waals surface area (Å²) in [5.74, 6) is 0.854. The van der Waals surface area contributed by atoms with Crippen molar-refractivity contribution in [3.8, 4) is 5.19 Å². The number of nitrogens with two attached hydrogens (primary N) is 1. The summed E-state index contributed by atoms with van der Waals surface area (Å²) in [6, 6.07) is 0. The van der Waals surface area contributed by atoms with Crippen LogP contribution in [-0.4, -0.2) is 21.5 Å². The Balaban J connectivity index is 1.87. The number of nitrogens with zero attached hydrogens (tertiary/aromatic N) is 2. The van der Waals surface area contributed by atoms with Gasteiger partial charge in [-0.15, -0.1) is 0 Å². The Labute approximate surface area is 94.0 Å². The molecule has 0 unspecified atom stereocenters. The Kier molecular flexibility index (Phi) is 3.21. The third-order valence-electron chi connectivity index (χ3n) is 2.85. The second-order valence-electron chi connectivity index (χ2n) is 4.19. The van der Waals surface area contributed by atoms with Gasteiger partial charge >= 0.3 is 0 Å². The van der Waals surface area contributed by atoms with E-state index >= 15 is 0 Å². The quantitative estimate of drug-likeness (QED) is 0.851. The molecular formula is C10H17N3OS. The van der Waals surface area contributed by atoms with Gasteiger partial charge in [0.05, 0.1) is 5.54 Å².